The Morgan fingerprint density at radius 1 is 0.898 bits per heavy atom. The third-order valence-corrected chi connectivity index (χ3v) is 9.92. The zero-order valence-corrected chi connectivity index (χ0v) is 29.3. The second kappa shape index (κ2) is 16.5. The number of anilines is 1. The summed E-state index contributed by atoms with van der Waals surface area (Å²) in [6.07, 6.45) is 2.68. The lowest BCUT2D eigenvalue weighted by molar-refractivity contribution is 0.0782. The van der Waals surface area contributed by atoms with E-state index in [1.807, 2.05) is 66.5 Å². The maximum absolute atomic E-state index is 13.3. The molecule has 4 aromatic carbocycles. The average molecular weight is 703 g/mol. The first-order valence-electron chi connectivity index (χ1n) is 16.9. The number of aryl methyl sites for hydroxylation is 1. The van der Waals surface area contributed by atoms with E-state index in [0.29, 0.717) is 34.5 Å². The molecule has 1 amide bonds. The topological polar surface area (TPSA) is 53.8 Å². The monoisotopic (exact) mass is 701 g/mol. The molecule has 1 unspecified atom stereocenters. The molecule has 5 aromatic rings. The molecule has 0 bridgehead atoms. The molecular weight excluding hydrogens is 660 g/mol. The minimum Gasteiger partial charge on any atom is -0.494 e. The van der Waals surface area contributed by atoms with Crippen LogP contribution in [0.1, 0.15) is 41.1 Å². The zero-order chi connectivity index (χ0) is 34.2. The van der Waals surface area contributed by atoms with Gasteiger partial charge in [0.05, 0.1) is 27.7 Å². The van der Waals surface area contributed by atoms with Crippen molar-refractivity contribution >= 4 is 46.1 Å². The number of halogens is 3. The van der Waals surface area contributed by atoms with E-state index in [-0.39, 0.29) is 17.6 Å². The van der Waals surface area contributed by atoms with Gasteiger partial charge in [-0.2, -0.15) is 0 Å². The lowest BCUT2D eigenvalue weighted by atomic mass is 9.94. The number of carbonyl (C=O) groups excluding carboxylic acids is 1. The first-order chi connectivity index (χ1) is 23.9. The summed E-state index contributed by atoms with van der Waals surface area (Å²) in [5.74, 6) is 1.47. The molecule has 0 N–H and O–H groups in total. The minimum atomic E-state index is -0.271. The Balaban J connectivity index is 1.10. The van der Waals surface area contributed by atoms with Crippen LogP contribution in [0.4, 0.5) is 10.3 Å². The Labute approximate surface area is 297 Å². The van der Waals surface area contributed by atoms with Gasteiger partial charge in [-0.25, -0.2) is 9.37 Å². The molecule has 0 spiro atoms. The normalized spacial score (nSPS) is 14.5. The highest BCUT2D eigenvalue weighted by atomic mass is 35.5. The van der Waals surface area contributed by atoms with Crippen LogP contribution in [0.15, 0.2) is 97.1 Å². The van der Waals surface area contributed by atoms with Crippen molar-refractivity contribution in [2.24, 2.45) is 0 Å². The molecule has 2 heterocycles. The molecule has 0 radical (unpaired) electrons. The van der Waals surface area contributed by atoms with Gasteiger partial charge in [0, 0.05) is 51.3 Å². The number of benzene rings is 4. The van der Waals surface area contributed by atoms with Crippen LogP contribution in [0.5, 0.6) is 5.75 Å². The molecule has 256 valence electrons. The van der Waals surface area contributed by atoms with E-state index in [9.17, 15) is 9.18 Å². The van der Waals surface area contributed by atoms with Crippen molar-refractivity contribution in [2.45, 2.75) is 31.7 Å². The number of aromatic nitrogens is 2. The molecule has 1 aromatic heterocycles. The fourth-order valence-corrected chi connectivity index (χ4v) is 6.85. The number of para-hydroxylation sites is 2. The number of imidazole rings is 1. The van der Waals surface area contributed by atoms with Crippen LogP contribution in [-0.4, -0.2) is 78.2 Å². The predicted octanol–water partition coefficient (Wildman–Crippen LogP) is 8.41. The summed E-state index contributed by atoms with van der Waals surface area (Å²) < 4.78 is 21.5. The van der Waals surface area contributed by atoms with Crippen molar-refractivity contribution in [3.8, 4) is 5.75 Å². The van der Waals surface area contributed by atoms with E-state index < -0.39 is 0 Å². The number of carbonyl (C=O) groups is 1. The lowest BCUT2D eigenvalue weighted by Crippen LogP contribution is -2.35. The number of nitrogens with zero attached hydrogens (tertiary/aromatic N) is 5. The Morgan fingerprint density at radius 3 is 2.47 bits per heavy atom. The average Bonchev–Trinajstić information content (AvgIpc) is 3.32. The summed E-state index contributed by atoms with van der Waals surface area (Å²) in [5.41, 5.74) is 3.85. The van der Waals surface area contributed by atoms with Crippen LogP contribution in [0, 0.1) is 5.82 Å². The van der Waals surface area contributed by atoms with Gasteiger partial charge in [-0.3, -0.25) is 4.79 Å². The second-order valence-corrected chi connectivity index (χ2v) is 13.4. The highest BCUT2D eigenvalue weighted by molar-refractivity contribution is 6.42. The molecule has 0 aliphatic carbocycles. The van der Waals surface area contributed by atoms with E-state index in [1.54, 1.807) is 12.1 Å². The van der Waals surface area contributed by atoms with Crippen molar-refractivity contribution < 1.29 is 13.9 Å². The number of fused-ring (bicyclic) bond motifs is 1. The summed E-state index contributed by atoms with van der Waals surface area (Å²) in [5, 5.41) is 1.05. The third-order valence-electron chi connectivity index (χ3n) is 9.18. The summed E-state index contributed by atoms with van der Waals surface area (Å²) in [6.45, 7) is 6.41. The van der Waals surface area contributed by atoms with Gasteiger partial charge in [0.2, 0.25) is 5.95 Å². The number of ether oxygens (including phenoxy) is 1. The Morgan fingerprint density at radius 2 is 1.67 bits per heavy atom. The van der Waals surface area contributed by atoms with E-state index in [4.69, 9.17) is 32.9 Å². The molecule has 1 atom stereocenters. The van der Waals surface area contributed by atoms with Crippen molar-refractivity contribution in [2.75, 3.05) is 57.8 Å². The van der Waals surface area contributed by atoms with E-state index in [2.05, 4.69) is 32.6 Å². The first kappa shape index (κ1) is 34.7. The summed E-state index contributed by atoms with van der Waals surface area (Å²) >= 11 is 12.7. The smallest absolute Gasteiger partial charge is 0.253 e. The zero-order valence-electron chi connectivity index (χ0n) is 27.8. The van der Waals surface area contributed by atoms with Crippen LogP contribution in [-0.2, 0) is 6.54 Å². The van der Waals surface area contributed by atoms with Crippen molar-refractivity contribution in [1.29, 1.82) is 0 Å². The van der Waals surface area contributed by atoms with E-state index >= 15 is 0 Å². The molecule has 0 saturated carbocycles. The number of hydrogen-bond acceptors (Lipinski definition) is 5. The summed E-state index contributed by atoms with van der Waals surface area (Å²) in [4.78, 5) is 25.1. The number of likely N-dealkylation sites (N-methyl/N-ethyl adjacent to an activating group) is 1. The van der Waals surface area contributed by atoms with Gasteiger partial charge in [0.1, 0.15) is 11.6 Å². The maximum atomic E-state index is 13.3. The van der Waals surface area contributed by atoms with E-state index in [1.165, 1.54) is 12.1 Å². The quantitative estimate of drug-likeness (QED) is 0.115. The fourth-order valence-electron chi connectivity index (χ4n) is 6.55. The fraction of sp³-hybridized carbons (Fsp3) is 0.333. The minimum absolute atomic E-state index is 0.000909. The van der Waals surface area contributed by atoms with Gasteiger partial charge >= 0.3 is 0 Å². The predicted molar refractivity (Wildman–Crippen MR) is 197 cm³/mol. The van der Waals surface area contributed by atoms with Gasteiger partial charge < -0.3 is 24.0 Å². The second-order valence-electron chi connectivity index (χ2n) is 12.6. The first-order valence-corrected chi connectivity index (χ1v) is 17.7. The Kier molecular flexibility index (Phi) is 11.7. The third kappa shape index (κ3) is 8.93. The van der Waals surface area contributed by atoms with Gasteiger partial charge in [-0.15, -0.1) is 0 Å². The standard InChI is InChI=1S/C39H42Cl2FN5O2/c1-44(38(48)29-9-3-2-4-10-29)28-31(30-13-18-34(40)35(41)27-30)19-23-45-20-7-21-46(25-24-45)39-43-36-11-5-6-12-37(36)47(39)22-8-26-49-33-16-14-32(42)15-17-33/h2-6,9-18,27,31H,7-8,19-26,28H2,1H3. The van der Waals surface area contributed by atoms with Crippen LogP contribution >= 0.6 is 23.2 Å². The largest absolute Gasteiger partial charge is 0.494 e. The van der Waals surface area contributed by atoms with Crippen LogP contribution in [0.3, 0.4) is 0 Å². The Hall–Kier alpha value is -4.11. The van der Waals surface area contributed by atoms with Crippen molar-refractivity contribution in [1.82, 2.24) is 19.4 Å². The number of amides is 1. The maximum Gasteiger partial charge on any atom is 0.253 e. The number of hydrogen-bond donors (Lipinski definition) is 0. The van der Waals surface area contributed by atoms with Gasteiger partial charge in [-0.1, -0.05) is 59.6 Å². The molecule has 6 rings (SSSR count). The van der Waals surface area contributed by atoms with Crippen LogP contribution < -0.4 is 9.64 Å². The van der Waals surface area contributed by atoms with Gasteiger partial charge in [0.15, 0.2) is 0 Å². The Bertz CT molecular complexity index is 1840. The van der Waals surface area contributed by atoms with Crippen molar-refractivity contribution in [3.05, 3.63) is 124 Å². The molecule has 1 aliphatic heterocycles. The molecule has 1 saturated heterocycles. The molecule has 1 aliphatic rings. The molecule has 1 fully saturated rings. The SMILES string of the molecule is CN(CC(CCN1CCCN(c2nc3ccccc3n2CCCOc2ccc(F)cc2)CC1)c1ccc(Cl)c(Cl)c1)C(=O)c1ccccc1. The van der Waals surface area contributed by atoms with Crippen LogP contribution in [0.2, 0.25) is 10.0 Å². The summed E-state index contributed by atoms with van der Waals surface area (Å²) in [6, 6.07) is 29.6. The van der Waals surface area contributed by atoms with E-state index in [0.717, 1.165) is 81.1 Å². The lowest BCUT2D eigenvalue weighted by Gasteiger charge is -2.28. The molecule has 7 nitrogen and oxygen atoms in total. The van der Waals surface area contributed by atoms with Gasteiger partial charge in [-0.05, 0) is 98.6 Å². The highest BCUT2D eigenvalue weighted by Gasteiger charge is 2.24. The van der Waals surface area contributed by atoms with Crippen LogP contribution in [0.25, 0.3) is 11.0 Å². The highest BCUT2D eigenvalue weighted by Crippen LogP contribution is 2.30. The van der Waals surface area contributed by atoms with Gasteiger partial charge in [0.25, 0.3) is 5.91 Å². The molecule has 49 heavy (non-hydrogen) atoms. The summed E-state index contributed by atoms with van der Waals surface area (Å²) in [7, 11) is 1.87. The molecular formula is C39H42Cl2FN5O2. The molecule has 10 heteroatoms. The van der Waals surface area contributed by atoms with Crippen molar-refractivity contribution in [3.63, 3.8) is 0 Å². The number of rotatable bonds is 13.